The molecule has 1 aromatic heterocycles. The maximum atomic E-state index is 11.2. The number of aromatic amines is 1. The number of pyridine rings is 1. The van der Waals surface area contributed by atoms with Gasteiger partial charge in [-0.05, 0) is 18.6 Å². The number of nitrogens with one attached hydrogen (secondary N) is 1. The molecule has 2 N–H and O–H groups in total. The van der Waals surface area contributed by atoms with E-state index in [1.807, 2.05) is 13.0 Å². The Morgan fingerprint density at radius 1 is 1.40 bits per heavy atom. The van der Waals surface area contributed by atoms with E-state index in [-0.39, 0.29) is 5.56 Å². The summed E-state index contributed by atoms with van der Waals surface area (Å²) in [5.41, 5.74) is 1.04. The topological polar surface area (TPSA) is 70.2 Å². The Hall–Kier alpha value is -2.10. The largest absolute Gasteiger partial charge is 0.478 e. The molecule has 0 aliphatic heterocycles. The molecule has 15 heavy (non-hydrogen) atoms. The lowest BCUT2D eigenvalue weighted by Gasteiger charge is -2.04. The zero-order valence-electron chi connectivity index (χ0n) is 8.07. The minimum atomic E-state index is -1.08. The first-order chi connectivity index (χ1) is 7.09. The molecule has 2 aromatic rings. The molecule has 0 unspecified atom stereocenters. The fraction of sp³-hybridized carbons (Fsp3) is 0.0909. The summed E-state index contributed by atoms with van der Waals surface area (Å²) in [5.74, 6) is -1.08. The van der Waals surface area contributed by atoms with Crippen molar-refractivity contribution in [2.75, 3.05) is 0 Å². The molecule has 0 aliphatic carbocycles. The monoisotopic (exact) mass is 203 g/mol. The van der Waals surface area contributed by atoms with Gasteiger partial charge in [0.1, 0.15) is 0 Å². The molecule has 0 saturated carbocycles. The highest BCUT2D eigenvalue weighted by Crippen LogP contribution is 2.18. The van der Waals surface area contributed by atoms with Gasteiger partial charge < -0.3 is 10.1 Å². The van der Waals surface area contributed by atoms with E-state index in [1.54, 1.807) is 12.1 Å². The zero-order valence-corrected chi connectivity index (χ0v) is 8.07. The number of carboxylic acid groups (broad SMARTS) is 1. The average molecular weight is 203 g/mol. The quantitative estimate of drug-likeness (QED) is 0.738. The van der Waals surface area contributed by atoms with E-state index >= 15 is 0 Å². The standard InChI is InChI=1S/C11H9NO3/c1-6-3-2-4-8-10(6)7(11(14)15)5-9(13)12-8/h2-5H,1H3,(H,12,13)(H,14,15). The summed E-state index contributed by atoms with van der Waals surface area (Å²) in [6, 6.07) is 6.39. The first kappa shape index (κ1) is 9.45. The summed E-state index contributed by atoms with van der Waals surface area (Å²) < 4.78 is 0. The Morgan fingerprint density at radius 2 is 2.13 bits per heavy atom. The lowest BCUT2D eigenvalue weighted by atomic mass is 10.0. The van der Waals surface area contributed by atoms with Gasteiger partial charge in [0.2, 0.25) is 5.56 Å². The SMILES string of the molecule is Cc1cccc2[nH]c(=O)cc(C(=O)O)c12. The van der Waals surface area contributed by atoms with Gasteiger partial charge in [-0.3, -0.25) is 4.79 Å². The second kappa shape index (κ2) is 3.24. The van der Waals surface area contributed by atoms with Crippen LogP contribution < -0.4 is 5.56 Å². The number of aromatic nitrogens is 1. The van der Waals surface area contributed by atoms with Crippen molar-refractivity contribution < 1.29 is 9.90 Å². The molecular formula is C11H9NO3. The van der Waals surface area contributed by atoms with Gasteiger partial charge in [0.05, 0.1) is 5.56 Å². The van der Waals surface area contributed by atoms with Crippen LogP contribution in [0.4, 0.5) is 0 Å². The van der Waals surface area contributed by atoms with Crippen molar-refractivity contribution in [1.82, 2.24) is 4.98 Å². The summed E-state index contributed by atoms with van der Waals surface area (Å²) in [6.45, 7) is 1.81. The van der Waals surface area contributed by atoms with Crippen molar-refractivity contribution in [3.8, 4) is 0 Å². The second-order valence-corrected chi connectivity index (χ2v) is 3.35. The van der Waals surface area contributed by atoms with Crippen LogP contribution in [0.15, 0.2) is 29.1 Å². The normalized spacial score (nSPS) is 10.5. The van der Waals surface area contributed by atoms with Crippen LogP contribution in [-0.2, 0) is 0 Å². The molecular weight excluding hydrogens is 194 g/mol. The highest BCUT2D eigenvalue weighted by Gasteiger charge is 2.11. The average Bonchev–Trinajstić information content (AvgIpc) is 2.16. The fourth-order valence-corrected chi connectivity index (χ4v) is 1.67. The van der Waals surface area contributed by atoms with Crippen molar-refractivity contribution in [1.29, 1.82) is 0 Å². The van der Waals surface area contributed by atoms with Gasteiger partial charge in [0.15, 0.2) is 0 Å². The summed E-state index contributed by atoms with van der Waals surface area (Å²) in [4.78, 5) is 24.8. The lowest BCUT2D eigenvalue weighted by Crippen LogP contribution is -2.10. The van der Waals surface area contributed by atoms with Crippen LogP contribution in [0, 0.1) is 6.92 Å². The van der Waals surface area contributed by atoms with Gasteiger partial charge >= 0.3 is 5.97 Å². The molecule has 4 nitrogen and oxygen atoms in total. The van der Waals surface area contributed by atoms with Crippen molar-refractivity contribution in [3.63, 3.8) is 0 Å². The minimum absolute atomic E-state index is 0.0480. The molecule has 0 atom stereocenters. The summed E-state index contributed by atoms with van der Waals surface area (Å²) in [6.07, 6.45) is 0. The zero-order chi connectivity index (χ0) is 11.0. The number of hydrogen-bond donors (Lipinski definition) is 2. The number of fused-ring (bicyclic) bond motifs is 1. The Kier molecular flexibility index (Phi) is 2.04. The van der Waals surface area contributed by atoms with Crippen LogP contribution in [-0.4, -0.2) is 16.1 Å². The van der Waals surface area contributed by atoms with Crippen LogP contribution in [0.2, 0.25) is 0 Å². The number of benzene rings is 1. The predicted molar refractivity (Wildman–Crippen MR) is 56.3 cm³/mol. The van der Waals surface area contributed by atoms with Crippen LogP contribution in [0.25, 0.3) is 10.9 Å². The first-order valence-corrected chi connectivity index (χ1v) is 4.45. The maximum Gasteiger partial charge on any atom is 0.336 e. The van der Waals surface area contributed by atoms with E-state index in [9.17, 15) is 9.59 Å². The highest BCUT2D eigenvalue weighted by molar-refractivity contribution is 6.03. The third-order valence-electron chi connectivity index (χ3n) is 2.31. The Bertz CT molecular complexity index is 598. The highest BCUT2D eigenvalue weighted by atomic mass is 16.4. The van der Waals surface area contributed by atoms with Crippen molar-refractivity contribution in [2.24, 2.45) is 0 Å². The fourth-order valence-electron chi connectivity index (χ4n) is 1.67. The number of rotatable bonds is 1. The van der Waals surface area contributed by atoms with Gasteiger partial charge in [0, 0.05) is 17.0 Å². The molecule has 0 bridgehead atoms. The first-order valence-electron chi connectivity index (χ1n) is 4.45. The molecule has 1 aromatic carbocycles. The molecule has 0 radical (unpaired) electrons. The second-order valence-electron chi connectivity index (χ2n) is 3.35. The Balaban J connectivity index is 3.01. The predicted octanol–water partition coefficient (Wildman–Crippen LogP) is 1.53. The van der Waals surface area contributed by atoms with E-state index in [0.717, 1.165) is 11.6 Å². The Labute approximate surface area is 85.2 Å². The molecule has 0 aliphatic rings. The molecule has 0 saturated heterocycles. The third kappa shape index (κ3) is 1.50. The van der Waals surface area contributed by atoms with Crippen molar-refractivity contribution >= 4 is 16.9 Å². The minimum Gasteiger partial charge on any atom is -0.478 e. The van der Waals surface area contributed by atoms with Gasteiger partial charge in [0.25, 0.3) is 0 Å². The van der Waals surface area contributed by atoms with Gasteiger partial charge in [-0.25, -0.2) is 4.79 Å². The molecule has 1 heterocycles. The number of aryl methyl sites for hydroxylation is 1. The van der Waals surface area contributed by atoms with Crippen molar-refractivity contribution in [3.05, 3.63) is 45.7 Å². The van der Waals surface area contributed by atoms with Gasteiger partial charge in [-0.2, -0.15) is 0 Å². The van der Waals surface area contributed by atoms with Gasteiger partial charge in [-0.1, -0.05) is 12.1 Å². The van der Waals surface area contributed by atoms with Crippen LogP contribution in [0.5, 0.6) is 0 Å². The number of carbonyl (C=O) groups is 1. The van der Waals surface area contributed by atoms with Gasteiger partial charge in [-0.15, -0.1) is 0 Å². The van der Waals surface area contributed by atoms with E-state index in [4.69, 9.17) is 5.11 Å². The molecule has 76 valence electrons. The van der Waals surface area contributed by atoms with Crippen LogP contribution >= 0.6 is 0 Å². The summed E-state index contributed by atoms with van der Waals surface area (Å²) in [7, 11) is 0. The molecule has 0 spiro atoms. The lowest BCUT2D eigenvalue weighted by molar-refractivity contribution is 0.0699. The van der Waals surface area contributed by atoms with E-state index in [1.165, 1.54) is 0 Å². The van der Waals surface area contributed by atoms with Crippen LogP contribution in [0.1, 0.15) is 15.9 Å². The summed E-state index contributed by atoms with van der Waals surface area (Å²) >= 11 is 0. The number of hydrogen-bond acceptors (Lipinski definition) is 2. The van der Waals surface area contributed by atoms with E-state index in [0.29, 0.717) is 10.9 Å². The van der Waals surface area contributed by atoms with Crippen molar-refractivity contribution in [2.45, 2.75) is 6.92 Å². The third-order valence-corrected chi connectivity index (χ3v) is 2.31. The number of H-pyrrole nitrogens is 1. The molecule has 0 amide bonds. The Morgan fingerprint density at radius 3 is 2.80 bits per heavy atom. The molecule has 2 rings (SSSR count). The number of carboxylic acids is 1. The smallest absolute Gasteiger partial charge is 0.336 e. The number of aromatic carboxylic acids is 1. The summed E-state index contributed by atoms with van der Waals surface area (Å²) in [5, 5.41) is 9.57. The van der Waals surface area contributed by atoms with Crippen LogP contribution in [0.3, 0.4) is 0 Å². The molecule has 0 fully saturated rings. The van der Waals surface area contributed by atoms with E-state index in [2.05, 4.69) is 4.98 Å². The molecule has 4 heteroatoms. The van der Waals surface area contributed by atoms with E-state index < -0.39 is 11.5 Å². The maximum absolute atomic E-state index is 11.2.